The highest BCUT2D eigenvalue weighted by molar-refractivity contribution is 5.30. The predicted octanol–water partition coefficient (Wildman–Crippen LogP) is 6.42. The molecular formula is C26H37NO. The minimum atomic E-state index is -0.635. The zero-order valence-electron chi connectivity index (χ0n) is 18.0. The van der Waals surface area contributed by atoms with Crippen molar-refractivity contribution in [1.82, 2.24) is 5.32 Å². The van der Waals surface area contributed by atoms with Crippen LogP contribution in [0.25, 0.3) is 0 Å². The van der Waals surface area contributed by atoms with Crippen molar-refractivity contribution in [2.45, 2.75) is 83.9 Å². The van der Waals surface area contributed by atoms with Crippen LogP contribution in [-0.4, -0.2) is 10.7 Å². The van der Waals surface area contributed by atoms with Gasteiger partial charge in [-0.15, -0.1) is 0 Å². The first-order valence-electron chi connectivity index (χ1n) is 11.0. The minimum absolute atomic E-state index is 0.164. The predicted molar refractivity (Wildman–Crippen MR) is 118 cm³/mol. The van der Waals surface area contributed by atoms with Gasteiger partial charge >= 0.3 is 0 Å². The van der Waals surface area contributed by atoms with Gasteiger partial charge in [-0.25, -0.2) is 0 Å². The van der Waals surface area contributed by atoms with Crippen LogP contribution in [0.2, 0.25) is 0 Å². The highest BCUT2D eigenvalue weighted by atomic mass is 16.3. The van der Waals surface area contributed by atoms with E-state index in [1.807, 2.05) is 0 Å². The molecule has 2 aromatic carbocycles. The van der Waals surface area contributed by atoms with E-state index in [1.165, 1.54) is 41.5 Å². The van der Waals surface area contributed by atoms with Crippen LogP contribution in [0, 0.1) is 19.8 Å². The van der Waals surface area contributed by atoms with Gasteiger partial charge in [0.25, 0.3) is 0 Å². The van der Waals surface area contributed by atoms with E-state index in [0.29, 0.717) is 0 Å². The second-order valence-electron chi connectivity index (χ2n) is 8.93. The van der Waals surface area contributed by atoms with Gasteiger partial charge in [-0.1, -0.05) is 99.2 Å². The fourth-order valence-corrected chi connectivity index (χ4v) is 4.63. The van der Waals surface area contributed by atoms with Gasteiger partial charge in [0.05, 0.1) is 5.60 Å². The highest BCUT2D eigenvalue weighted by Crippen LogP contribution is 2.45. The molecule has 0 saturated carbocycles. The van der Waals surface area contributed by atoms with E-state index in [9.17, 15) is 5.11 Å². The van der Waals surface area contributed by atoms with Crippen molar-refractivity contribution in [3.8, 4) is 0 Å². The Morgan fingerprint density at radius 1 is 0.893 bits per heavy atom. The molecule has 1 aliphatic heterocycles. The van der Waals surface area contributed by atoms with Crippen molar-refractivity contribution < 1.29 is 5.11 Å². The Kier molecular flexibility index (Phi) is 6.95. The van der Waals surface area contributed by atoms with E-state index < -0.39 is 5.60 Å². The first-order valence-corrected chi connectivity index (χ1v) is 11.0. The first kappa shape index (κ1) is 21.1. The van der Waals surface area contributed by atoms with Crippen LogP contribution >= 0.6 is 0 Å². The summed E-state index contributed by atoms with van der Waals surface area (Å²) in [6.45, 7) is 8.71. The van der Waals surface area contributed by atoms with E-state index in [2.05, 4.69) is 81.5 Å². The van der Waals surface area contributed by atoms with Crippen LogP contribution < -0.4 is 5.32 Å². The van der Waals surface area contributed by atoms with Gasteiger partial charge in [-0.3, -0.25) is 0 Å². The van der Waals surface area contributed by atoms with E-state index in [4.69, 9.17) is 0 Å². The maximum atomic E-state index is 11.8. The summed E-state index contributed by atoms with van der Waals surface area (Å²) in [7, 11) is 0. The molecule has 1 fully saturated rings. The largest absolute Gasteiger partial charge is 0.389 e. The minimum Gasteiger partial charge on any atom is -0.389 e. The second kappa shape index (κ2) is 9.24. The van der Waals surface area contributed by atoms with E-state index >= 15 is 0 Å². The average Bonchev–Trinajstić information content (AvgIpc) is 2.69. The third-order valence-corrected chi connectivity index (χ3v) is 6.67. The van der Waals surface area contributed by atoms with Gasteiger partial charge in [0.15, 0.2) is 0 Å². The lowest BCUT2D eigenvalue weighted by Crippen LogP contribution is -2.52. The van der Waals surface area contributed by atoms with Crippen molar-refractivity contribution in [1.29, 1.82) is 0 Å². The summed E-state index contributed by atoms with van der Waals surface area (Å²) in [5.74, 6) is 0.179. The van der Waals surface area contributed by atoms with Gasteiger partial charge in [0, 0.05) is 18.0 Å². The Hall–Kier alpha value is -1.64. The lowest BCUT2D eigenvalue weighted by atomic mass is 9.70. The van der Waals surface area contributed by atoms with Crippen molar-refractivity contribution in [3.05, 3.63) is 70.8 Å². The van der Waals surface area contributed by atoms with Crippen molar-refractivity contribution >= 4 is 0 Å². The number of hydrogen-bond acceptors (Lipinski definition) is 2. The summed E-state index contributed by atoms with van der Waals surface area (Å²) >= 11 is 0. The smallest absolute Gasteiger partial charge is 0.0709 e. The van der Waals surface area contributed by atoms with Crippen LogP contribution in [-0.2, 0) is 0 Å². The van der Waals surface area contributed by atoms with Crippen LogP contribution in [0.15, 0.2) is 48.5 Å². The molecule has 0 aliphatic carbocycles. The quantitative estimate of drug-likeness (QED) is 0.544. The SMILES string of the molecule is CCCCCC[C@]1(O)C[C@H](c2ccc(C)cc2)N[C@@H](c2ccc(C)cc2)[C@H]1C. The van der Waals surface area contributed by atoms with E-state index in [0.717, 1.165) is 19.3 Å². The average molecular weight is 380 g/mol. The van der Waals surface area contributed by atoms with Gasteiger partial charge < -0.3 is 10.4 Å². The number of piperidine rings is 1. The zero-order valence-corrected chi connectivity index (χ0v) is 18.0. The Bertz CT molecular complexity index is 736. The fraction of sp³-hybridized carbons (Fsp3) is 0.538. The number of rotatable bonds is 7. The second-order valence-corrected chi connectivity index (χ2v) is 8.93. The van der Waals surface area contributed by atoms with Gasteiger partial charge in [0.1, 0.15) is 0 Å². The van der Waals surface area contributed by atoms with Gasteiger partial charge in [0.2, 0.25) is 0 Å². The van der Waals surface area contributed by atoms with Crippen LogP contribution in [0.1, 0.15) is 86.7 Å². The molecule has 1 aliphatic rings. The van der Waals surface area contributed by atoms with Crippen molar-refractivity contribution in [2.75, 3.05) is 0 Å². The molecule has 1 saturated heterocycles. The third kappa shape index (κ3) is 4.85. The third-order valence-electron chi connectivity index (χ3n) is 6.67. The molecular weight excluding hydrogens is 342 g/mol. The monoisotopic (exact) mass is 379 g/mol. The Labute approximate surface area is 171 Å². The summed E-state index contributed by atoms with van der Waals surface area (Å²) in [6.07, 6.45) is 6.48. The summed E-state index contributed by atoms with van der Waals surface area (Å²) in [5, 5.41) is 15.6. The first-order chi connectivity index (χ1) is 13.4. The number of aryl methyl sites for hydroxylation is 2. The molecule has 152 valence electrons. The fourth-order valence-electron chi connectivity index (χ4n) is 4.63. The molecule has 0 amide bonds. The van der Waals surface area contributed by atoms with Crippen molar-refractivity contribution in [3.63, 3.8) is 0 Å². The lowest BCUT2D eigenvalue weighted by molar-refractivity contribution is -0.0754. The Balaban J connectivity index is 1.87. The molecule has 2 nitrogen and oxygen atoms in total. The molecule has 0 spiro atoms. The van der Waals surface area contributed by atoms with Crippen molar-refractivity contribution in [2.24, 2.45) is 5.92 Å². The number of unbranched alkanes of at least 4 members (excludes halogenated alkanes) is 3. The van der Waals surface area contributed by atoms with Gasteiger partial charge in [-0.05, 0) is 37.8 Å². The van der Waals surface area contributed by atoms with Gasteiger partial charge in [-0.2, -0.15) is 0 Å². The van der Waals surface area contributed by atoms with Crippen LogP contribution in [0.4, 0.5) is 0 Å². The molecule has 2 N–H and O–H groups in total. The summed E-state index contributed by atoms with van der Waals surface area (Å²) in [6, 6.07) is 17.9. The summed E-state index contributed by atoms with van der Waals surface area (Å²) in [5.41, 5.74) is 4.47. The number of benzene rings is 2. The molecule has 4 atom stereocenters. The molecule has 0 radical (unpaired) electrons. The maximum Gasteiger partial charge on any atom is 0.0709 e. The Morgan fingerprint density at radius 2 is 1.46 bits per heavy atom. The molecule has 2 aromatic rings. The zero-order chi connectivity index (χ0) is 20.1. The standard InChI is InChI=1S/C26H37NO/c1-5-6-7-8-17-26(28)18-24(22-13-9-19(2)10-14-22)27-25(21(26)4)23-15-11-20(3)12-16-23/h9-16,21,24-25,27-28H,5-8,17-18H2,1-4H3/t21-,24-,25-,26+/m1/s1. The van der Waals surface area contributed by atoms with Crippen LogP contribution in [0.3, 0.4) is 0 Å². The highest BCUT2D eigenvalue weighted by Gasteiger charge is 2.45. The normalized spacial score (nSPS) is 27.7. The molecule has 0 bridgehead atoms. The molecule has 0 unspecified atom stereocenters. The molecule has 1 heterocycles. The molecule has 3 rings (SSSR count). The topological polar surface area (TPSA) is 32.3 Å². The lowest BCUT2D eigenvalue weighted by Gasteiger charge is -2.48. The van der Waals surface area contributed by atoms with E-state index in [1.54, 1.807) is 0 Å². The van der Waals surface area contributed by atoms with Crippen LogP contribution in [0.5, 0.6) is 0 Å². The summed E-state index contributed by atoms with van der Waals surface area (Å²) < 4.78 is 0. The molecule has 2 heteroatoms. The van der Waals surface area contributed by atoms with E-state index in [-0.39, 0.29) is 18.0 Å². The maximum absolute atomic E-state index is 11.8. The molecule has 0 aromatic heterocycles. The molecule has 28 heavy (non-hydrogen) atoms. The summed E-state index contributed by atoms with van der Waals surface area (Å²) in [4.78, 5) is 0. The number of hydrogen-bond donors (Lipinski definition) is 2. The number of aliphatic hydroxyl groups is 1. The number of nitrogens with one attached hydrogen (secondary N) is 1. The Morgan fingerprint density at radius 3 is 2.04 bits per heavy atom.